The van der Waals surface area contributed by atoms with Crippen LogP contribution in [-0.4, -0.2) is 18.2 Å². The summed E-state index contributed by atoms with van der Waals surface area (Å²) in [6.07, 6.45) is 0. The number of nitrogens with one attached hydrogen (secondary N) is 1. The summed E-state index contributed by atoms with van der Waals surface area (Å²) in [5, 5.41) is 2.74. The number of fused-ring (bicyclic) bond motifs is 1. The van der Waals surface area contributed by atoms with Crippen LogP contribution in [0.5, 0.6) is 0 Å². The average Bonchev–Trinajstić information content (AvgIpc) is 2.58. The van der Waals surface area contributed by atoms with Gasteiger partial charge in [0.05, 0.1) is 11.4 Å². The second kappa shape index (κ2) is 4.77. The number of nitrogens with two attached hydrogens (primary N) is 1. The van der Waals surface area contributed by atoms with E-state index in [1.54, 1.807) is 36.4 Å². The molecule has 0 aliphatic carbocycles. The van der Waals surface area contributed by atoms with Crippen LogP contribution in [0.3, 0.4) is 0 Å². The lowest BCUT2D eigenvalue weighted by Gasteiger charge is -2.11. The molecule has 0 unspecified atom stereocenters. The number of rotatable bonds is 1. The second-order valence-corrected chi connectivity index (χ2v) is 4.50. The Hall–Kier alpha value is -2.69. The summed E-state index contributed by atoms with van der Waals surface area (Å²) in [6, 6.07) is 11.4. The zero-order valence-electron chi connectivity index (χ0n) is 10.6. The topological polar surface area (TPSA) is 67.5 Å². The molecule has 4 nitrogen and oxygen atoms in total. The van der Waals surface area contributed by atoms with E-state index in [1.807, 2.05) is 0 Å². The van der Waals surface area contributed by atoms with E-state index in [1.165, 1.54) is 6.07 Å². The molecule has 2 aromatic rings. The van der Waals surface area contributed by atoms with Crippen molar-refractivity contribution in [3.8, 4) is 0 Å². The lowest BCUT2D eigenvalue weighted by Crippen LogP contribution is -2.13. The van der Waals surface area contributed by atoms with Crippen molar-refractivity contribution in [2.24, 2.45) is 4.99 Å². The van der Waals surface area contributed by atoms with Gasteiger partial charge in [-0.3, -0.25) is 9.79 Å². The molecule has 0 aromatic heterocycles. The first-order valence-corrected chi connectivity index (χ1v) is 6.14. The van der Waals surface area contributed by atoms with Crippen molar-refractivity contribution >= 4 is 23.0 Å². The summed E-state index contributed by atoms with van der Waals surface area (Å²) in [5.74, 6) is -0.615. The third-order valence-corrected chi connectivity index (χ3v) is 3.08. The molecule has 0 bridgehead atoms. The number of benzene rings is 2. The first kappa shape index (κ1) is 12.3. The van der Waals surface area contributed by atoms with Crippen molar-refractivity contribution in [2.75, 3.05) is 17.6 Å². The molecule has 20 heavy (non-hydrogen) atoms. The van der Waals surface area contributed by atoms with Gasteiger partial charge in [0.25, 0.3) is 0 Å². The highest BCUT2D eigenvalue weighted by Gasteiger charge is 2.20. The number of hydrogen-bond donors (Lipinski definition) is 2. The van der Waals surface area contributed by atoms with Crippen LogP contribution in [0.2, 0.25) is 0 Å². The van der Waals surface area contributed by atoms with Gasteiger partial charge in [0.1, 0.15) is 12.4 Å². The number of hydrogen-bond acceptors (Lipinski definition) is 3. The number of nitrogens with zero attached hydrogens (tertiary/aromatic N) is 1. The van der Waals surface area contributed by atoms with Crippen LogP contribution in [0, 0.1) is 5.82 Å². The van der Waals surface area contributed by atoms with Gasteiger partial charge in [0.2, 0.25) is 5.91 Å². The molecule has 0 saturated heterocycles. The SMILES string of the molecule is Nc1ccc2c(c1)C(c1ccccc1F)=NCC(=O)N2. The summed E-state index contributed by atoms with van der Waals surface area (Å²) in [7, 11) is 0. The molecule has 0 radical (unpaired) electrons. The maximum Gasteiger partial charge on any atom is 0.246 e. The van der Waals surface area contributed by atoms with Gasteiger partial charge in [-0.15, -0.1) is 0 Å². The monoisotopic (exact) mass is 269 g/mol. The third-order valence-electron chi connectivity index (χ3n) is 3.08. The number of amides is 1. The quantitative estimate of drug-likeness (QED) is 0.779. The Balaban J connectivity index is 2.23. The lowest BCUT2D eigenvalue weighted by atomic mass is 9.99. The van der Waals surface area contributed by atoms with E-state index in [2.05, 4.69) is 10.3 Å². The smallest absolute Gasteiger partial charge is 0.246 e. The molecule has 0 fully saturated rings. The molecule has 1 aliphatic heterocycles. The molecular formula is C15H12FN3O. The van der Waals surface area contributed by atoms with E-state index in [0.717, 1.165) is 0 Å². The first-order valence-electron chi connectivity index (χ1n) is 6.14. The van der Waals surface area contributed by atoms with E-state index in [4.69, 9.17) is 5.73 Å². The lowest BCUT2D eigenvalue weighted by molar-refractivity contribution is -0.114. The molecule has 0 saturated carbocycles. The van der Waals surface area contributed by atoms with Gasteiger partial charge in [-0.1, -0.05) is 12.1 Å². The molecule has 1 heterocycles. The van der Waals surface area contributed by atoms with Crippen LogP contribution in [0.15, 0.2) is 47.5 Å². The fourth-order valence-electron chi connectivity index (χ4n) is 2.18. The fraction of sp³-hybridized carbons (Fsp3) is 0.0667. The summed E-state index contributed by atoms with van der Waals surface area (Å²) in [6.45, 7) is -0.0434. The third kappa shape index (κ3) is 2.14. The van der Waals surface area contributed by atoms with E-state index in [-0.39, 0.29) is 18.3 Å². The minimum absolute atomic E-state index is 0.0434. The molecule has 3 N–H and O–H groups in total. The van der Waals surface area contributed by atoms with Crippen molar-refractivity contribution in [3.63, 3.8) is 0 Å². The van der Waals surface area contributed by atoms with Crippen LogP contribution in [0.1, 0.15) is 11.1 Å². The standard InChI is InChI=1S/C15H12FN3O/c16-12-4-2-1-3-10(12)15-11-7-9(17)5-6-13(11)19-14(20)8-18-15/h1-7H,8,17H2,(H,19,20). The van der Waals surface area contributed by atoms with Crippen molar-refractivity contribution in [1.82, 2.24) is 0 Å². The van der Waals surface area contributed by atoms with Crippen molar-refractivity contribution in [2.45, 2.75) is 0 Å². The minimum atomic E-state index is -0.381. The molecule has 3 rings (SSSR count). The summed E-state index contributed by atoms with van der Waals surface area (Å²) in [4.78, 5) is 15.9. The van der Waals surface area contributed by atoms with Gasteiger partial charge in [0, 0.05) is 16.8 Å². The Kier molecular flexibility index (Phi) is 2.95. The van der Waals surface area contributed by atoms with E-state index >= 15 is 0 Å². The average molecular weight is 269 g/mol. The largest absolute Gasteiger partial charge is 0.399 e. The second-order valence-electron chi connectivity index (χ2n) is 4.50. The molecule has 2 aromatic carbocycles. The molecule has 5 heteroatoms. The van der Waals surface area contributed by atoms with Gasteiger partial charge < -0.3 is 11.1 Å². The highest BCUT2D eigenvalue weighted by atomic mass is 19.1. The molecule has 0 spiro atoms. The van der Waals surface area contributed by atoms with Crippen LogP contribution in [-0.2, 0) is 4.79 Å². The molecular weight excluding hydrogens is 257 g/mol. The first-order chi connectivity index (χ1) is 9.65. The molecule has 100 valence electrons. The maximum atomic E-state index is 14.0. The minimum Gasteiger partial charge on any atom is -0.399 e. The van der Waals surface area contributed by atoms with Crippen molar-refractivity contribution < 1.29 is 9.18 Å². The number of benzodiazepines with no additional fused rings is 1. The van der Waals surface area contributed by atoms with Gasteiger partial charge in [0.15, 0.2) is 0 Å². The van der Waals surface area contributed by atoms with Gasteiger partial charge >= 0.3 is 0 Å². The van der Waals surface area contributed by atoms with Crippen molar-refractivity contribution in [3.05, 3.63) is 59.4 Å². The summed E-state index contributed by atoms with van der Waals surface area (Å²) in [5.41, 5.74) is 8.32. The predicted molar refractivity (Wildman–Crippen MR) is 76.4 cm³/mol. The van der Waals surface area contributed by atoms with Crippen LogP contribution in [0.25, 0.3) is 0 Å². The fourth-order valence-corrected chi connectivity index (χ4v) is 2.18. The molecule has 1 aliphatic rings. The Morgan fingerprint density at radius 1 is 1.15 bits per heavy atom. The number of aliphatic imine (C=N–C) groups is 1. The molecule has 0 atom stereocenters. The Morgan fingerprint density at radius 2 is 1.95 bits per heavy atom. The van der Waals surface area contributed by atoms with Gasteiger partial charge in [-0.05, 0) is 30.3 Å². The Morgan fingerprint density at radius 3 is 2.75 bits per heavy atom. The van der Waals surface area contributed by atoms with Gasteiger partial charge in [-0.25, -0.2) is 4.39 Å². The van der Waals surface area contributed by atoms with Crippen LogP contribution >= 0.6 is 0 Å². The molecule has 1 amide bonds. The highest BCUT2D eigenvalue weighted by molar-refractivity contribution is 6.19. The number of carbonyl (C=O) groups excluding carboxylic acids is 1. The number of carbonyl (C=O) groups is 1. The van der Waals surface area contributed by atoms with Crippen LogP contribution < -0.4 is 11.1 Å². The Bertz CT molecular complexity index is 725. The number of nitrogen functional groups attached to an aromatic ring is 1. The highest BCUT2D eigenvalue weighted by Crippen LogP contribution is 2.25. The summed E-state index contributed by atoms with van der Waals surface area (Å²) < 4.78 is 14.0. The van der Waals surface area contributed by atoms with E-state index in [0.29, 0.717) is 28.2 Å². The number of anilines is 2. The normalized spacial score (nSPS) is 14.1. The van der Waals surface area contributed by atoms with Gasteiger partial charge in [-0.2, -0.15) is 0 Å². The zero-order valence-corrected chi connectivity index (χ0v) is 10.6. The van der Waals surface area contributed by atoms with Crippen molar-refractivity contribution in [1.29, 1.82) is 0 Å². The predicted octanol–water partition coefficient (Wildman–Crippen LogP) is 2.20. The maximum absolute atomic E-state index is 14.0. The zero-order chi connectivity index (χ0) is 14.1. The summed E-state index contributed by atoms with van der Waals surface area (Å²) >= 11 is 0. The Labute approximate surface area is 115 Å². The van der Waals surface area contributed by atoms with E-state index in [9.17, 15) is 9.18 Å². The van der Waals surface area contributed by atoms with E-state index < -0.39 is 0 Å². The van der Waals surface area contributed by atoms with Crippen LogP contribution in [0.4, 0.5) is 15.8 Å². The number of halogens is 1.